The largest absolute Gasteiger partial charge is 0.488 e. The molecular weight excluding hydrogens is 331 g/mol. The molecule has 0 spiro atoms. The van der Waals surface area contributed by atoms with Gasteiger partial charge in [-0.25, -0.2) is 4.79 Å². The minimum absolute atomic E-state index is 0.110. The zero-order valence-corrected chi connectivity index (χ0v) is 12.6. The summed E-state index contributed by atoms with van der Waals surface area (Å²) in [6, 6.07) is 3.66. The zero-order chi connectivity index (χ0) is 16.8. The van der Waals surface area contributed by atoms with Crippen molar-refractivity contribution >= 4 is 39.2 Å². The molecule has 0 aliphatic carbocycles. The second-order valence-electron chi connectivity index (χ2n) is 4.83. The number of para-hydroxylation sites is 1. The molecule has 0 unspecified atom stereocenters. The number of urea groups is 1. The van der Waals surface area contributed by atoms with Crippen molar-refractivity contribution in [2.45, 2.75) is 6.42 Å². The second kappa shape index (κ2) is 5.19. The summed E-state index contributed by atoms with van der Waals surface area (Å²) < 4.78 is 39.8. The Bertz CT molecular complexity index is 923. The van der Waals surface area contributed by atoms with Crippen LogP contribution in [0.3, 0.4) is 0 Å². The number of carbonyl (C=O) groups is 2. The van der Waals surface area contributed by atoms with Gasteiger partial charge in [0.25, 0.3) is 0 Å². The van der Waals surface area contributed by atoms with Crippen molar-refractivity contribution < 1.29 is 26.1 Å². The predicted molar refractivity (Wildman–Crippen MR) is 76.9 cm³/mol. The van der Waals surface area contributed by atoms with Crippen molar-refractivity contribution in [2.75, 3.05) is 11.4 Å². The monoisotopic (exact) mass is 342 g/mol. The molecule has 11 heteroatoms. The van der Waals surface area contributed by atoms with E-state index < -0.39 is 16.5 Å². The van der Waals surface area contributed by atoms with Gasteiger partial charge in [-0.1, -0.05) is 9.95 Å². The third-order valence-corrected chi connectivity index (χ3v) is 3.69. The molecule has 0 bridgehead atoms. The Morgan fingerprint density at radius 2 is 2.09 bits per heavy atom. The van der Waals surface area contributed by atoms with Gasteiger partial charge in [0.2, 0.25) is 5.91 Å². The van der Waals surface area contributed by atoms with Crippen molar-refractivity contribution in [1.82, 2.24) is 15.1 Å². The molecule has 122 valence electrons. The lowest BCUT2D eigenvalue weighted by Crippen LogP contribution is -2.49. The number of rotatable bonds is 3. The molecule has 0 radical (unpaired) electrons. The van der Waals surface area contributed by atoms with E-state index in [1.807, 2.05) is 0 Å². The molecule has 1 saturated heterocycles. The third-order valence-electron chi connectivity index (χ3n) is 3.31. The molecule has 1 fully saturated rings. The van der Waals surface area contributed by atoms with E-state index >= 15 is 0 Å². The number of amides is 3. The number of benzene rings is 1. The number of hydrogen-bond donors (Lipinski definition) is 1. The topological polar surface area (TPSA) is 111 Å². The number of nitrogens with zero attached hydrogens (tertiary/aromatic N) is 3. The van der Waals surface area contributed by atoms with Crippen molar-refractivity contribution in [2.24, 2.45) is 7.05 Å². The summed E-state index contributed by atoms with van der Waals surface area (Å²) >= 11 is 0. The first kappa shape index (κ1) is 15.2. The summed E-state index contributed by atoms with van der Waals surface area (Å²) in [5, 5.41) is 6.71. The molecule has 1 aromatic heterocycles. The number of aromatic nitrogens is 2. The normalized spacial score (nSPS) is 15.8. The van der Waals surface area contributed by atoms with E-state index in [0.29, 0.717) is 5.39 Å². The summed E-state index contributed by atoms with van der Waals surface area (Å²) in [6.07, 6.45) is 0.110. The Hall–Kier alpha value is -2.69. The smallest absolute Gasteiger partial charge is 0.356 e. The van der Waals surface area contributed by atoms with Crippen LogP contribution in [0.2, 0.25) is 0 Å². The van der Waals surface area contributed by atoms with Crippen molar-refractivity contribution in [3.63, 3.8) is 0 Å². The first-order valence-electron chi connectivity index (χ1n) is 6.47. The molecule has 2 aromatic rings. The van der Waals surface area contributed by atoms with Crippen LogP contribution in [-0.4, -0.2) is 36.7 Å². The molecule has 1 aromatic carbocycles. The average Bonchev–Trinajstić information content (AvgIpc) is 2.75. The highest BCUT2D eigenvalue weighted by molar-refractivity contribution is 7.81. The average molecular weight is 342 g/mol. The molecule has 1 aliphatic heterocycles. The maximum absolute atomic E-state index is 12.8. The molecule has 3 amide bonds. The fourth-order valence-corrected chi connectivity index (χ4v) is 2.77. The highest BCUT2D eigenvalue weighted by Crippen LogP contribution is 2.33. The third kappa shape index (κ3) is 2.82. The number of halogens is 1. The summed E-state index contributed by atoms with van der Waals surface area (Å²) in [7, 11) is -3.70. The van der Waals surface area contributed by atoms with Crippen molar-refractivity contribution in [3.8, 4) is 5.75 Å². The zero-order valence-electron chi connectivity index (χ0n) is 11.8. The van der Waals surface area contributed by atoms with E-state index in [0.717, 1.165) is 0 Å². The molecular formula is C12H11FN4O5S. The molecule has 23 heavy (non-hydrogen) atoms. The van der Waals surface area contributed by atoms with E-state index in [4.69, 9.17) is 0 Å². The predicted octanol–water partition coefficient (Wildman–Crippen LogP) is 0.613. The first-order valence-corrected chi connectivity index (χ1v) is 7.78. The van der Waals surface area contributed by atoms with E-state index in [1.54, 1.807) is 6.07 Å². The van der Waals surface area contributed by atoms with Crippen LogP contribution >= 0.6 is 0 Å². The Kier molecular flexibility index (Phi) is 3.43. The standard InChI is InChI=1S/C12H11FN4O5S/c1-16-10-7(3-2-4-8(10)22-23(13,20)21)11(15-16)17-6-5-9(18)14-12(17)19/h2-4H,5-6H2,1H3,(H,14,18,19). The molecule has 0 atom stereocenters. The van der Waals surface area contributed by atoms with Gasteiger partial charge in [0.15, 0.2) is 11.6 Å². The number of hydrogen-bond acceptors (Lipinski definition) is 6. The van der Waals surface area contributed by atoms with Gasteiger partial charge in [-0.2, -0.15) is 13.5 Å². The Morgan fingerprint density at radius 3 is 2.74 bits per heavy atom. The summed E-state index contributed by atoms with van der Waals surface area (Å²) in [4.78, 5) is 24.4. The minimum Gasteiger partial charge on any atom is -0.356 e. The maximum atomic E-state index is 12.8. The van der Waals surface area contributed by atoms with E-state index in [2.05, 4.69) is 14.6 Å². The van der Waals surface area contributed by atoms with Gasteiger partial charge in [-0.3, -0.25) is 19.7 Å². The van der Waals surface area contributed by atoms with Crippen LogP contribution in [0.5, 0.6) is 5.75 Å². The summed E-state index contributed by atoms with van der Waals surface area (Å²) in [5.74, 6) is -0.423. The first-order chi connectivity index (χ1) is 10.8. The van der Waals surface area contributed by atoms with Gasteiger partial charge >= 0.3 is 16.5 Å². The molecule has 1 N–H and O–H groups in total. The molecule has 2 heterocycles. The van der Waals surface area contributed by atoms with Gasteiger partial charge in [-0.05, 0) is 12.1 Å². The lowest BCUT2D eigenvalue weighted by molar-refractivity contribution is -0.120. The number of nitrogens with one attached hydrogen (secondary N) is 1. The second-order valence-corrected chi connectivity index (χ2v) is 5.78. The molecule has 0 saturated carbocycles. The van der Waals surface area contributed by atoms with Crippen LogP contribution in [0.1, 0.15) is 6.42 Å². The Labute approximate surface area is 130 Å². The quantitative estimate of drug-likeness (QED) is 0.819. The maximum Gasteiger partial charge on any atom is 0.488 e. The number of carbonyl (C=O) groups excluding carboxylic acids is 2. The highest BCUT2D eigenvalue weighted by atomic mass is 32.3. The fourth-order valence-electron chi connectivity index (χ4n) is 2.42. The lowest BCUT2D eigenvalue weighted by atomic mass is 10.2. The van der Waals surface area contributed by atoms with Gasteiger partial charge < -0.3 is 4.18 Å². The number of imide groups is 1. The SMILES string of the molecule is Cn1nc(N2CCC(=O)NC2=O)c2cccc(OS(=O)(=O)F)c21. The van der Waals surface area contributed by atoms with E-state index in [1.165, 1.54) is 28.8 Å². The molecule has 3 rings (SSSR count). The van der Waals surface area contributed by atoms with E-state index in [9.17, 15) is 21.9 Å². The van der Waals surface area contributed by atoms with Crippen LogP contribution < -0.4 is 14.4 Å². The Morgan fingerprint density at radius 1 is 1.35 bits per heavy atom. The fraction of sp³-hybridized carbons (Fsp3) is 0.250. The van der Waals surface area contributed by atoms with Crippen LogP contribution in [-0.2, 0) is 22.3 Å². The van der Waals surface area contributed by atoms with Crippen LogP contribution in [0, 0.1) is 0 Å². The van der Waals surface area contributed by atoms with Crippen LogP contribution in [0.25, 0.3) is 10.9 Å². The summed E-state index contributed by atoms with van der Waals surface area (Å²) in [6.45, 7) is 0.128. The highest BCUT2D eigenvalue weighted by Gasteiger charge is 2.29. The molecule has 1 aliphatic rings. The van der Waals surface area contributed by atoms with Gasteiger partial charge in [0, 0.05) is 25.4 Å². The van der Waals surface area contributed by atoms with Gasteiger partial charge in [0.1, 0.15) is 5.52 Å². The van der Waals surface area contributed by atoms with Gasteiger partial charge in [-0.15, -0.1) is 0 Å². The summed E-state index contributed by atoms with van der Waals surface area (Å²) in [5.41, 5.74) is 0.202. The lowest BCUT2D eigenvalue weighted by Gasteiger charge is -2.24. The molecule has 9 nitrogen and oxygen atoms in total. The number of aryl methyl sites for hydroxylation is 1. The van der Waals surface area contributed by atoms with Crippen LogP contribution in [0.4, 0.5) is 14.5 Å². The van der Waals surface area contributed by atoms with Crippen LogP contribution in [0.15, 0.2) is 18.2 Å². The van der Waals surface area contributed by atoms with Crippen molar-refractivity contribution in [1.29, 1.82) is 0 Å². The minimum atomic E-state index is -5.20. The number of anilines is 1. The van der Waals surface area contributed by atoms with Gasteiger partial charge in [0.05, 0.1) is 0 Å². The number of fused-ring (bicyclic) bond motifs is 1. The Balaban J connectivity index is 2.12. The van der Waals surface area contributed by atoms with E-state index in [-0.39, 0.29) is 36.0 Å². The van der Waals surface area contributed by atoms with Crippen molar-refractivity contribution in [3.05, 3.63) is 18.2 Å².